The number of piperidine rings is 1. The lowest BCUT2D eigenvalue weighted by molar-refractivity contribution is -0.132. The molecule has 0 atom stereocenters. The van der Waals surface area contributed by atoms with Crippen LogP contribution in [0.5, 0.6) is 0 Å². The highest BCUT2D eigenvalue weighted by atomic mass is 16.2. The molecule has 23 heavy (non-hydrogen) atoms. The van der Waals surface area contributed by atoms with Gasteiger partial charge in [-0.2, -0.15) is 0 Å². The van der Waals surface area contributed by atoms with Crippen molar-refractivity contribution in [3.8, 4) is 0 Å². The Kier molecular flexibility index (Phi) is 4.10. The molecule has 7 heteroatoms. The Balaban J connectivity index is 2.04. The van der Waals surface area contributed by atoms with Crippen LogP contribution in [0.1, 0.15) is 29.6 Å². The number of amides is 2. The fourth-order valence-corrected chi connectivity index (χ4v) is 2.91. The minimum absolute atomic E-state index is 0.109. The average Bonchev–Trinajstić information content (AvgIpc) is 2.57. The van der Waals surface area contributed by atoms with E-state index in [-0.39, 0.29) is 18.0 Å². The molecular weight excluding hydrogens is 296 g/mol. The Bertz CT molecular complexity index is 822. The van der Waals surface area contributed by atoms with Gasteiger partial charge in [0, 0.05) is 19.3 Å². The molecule has 1 aliphatic heterocycles. The summed E-state index contributed by atoms with van der Waals surface area (Å²) in [5.41, 5.74) is 5.56. The largest absolute Gasteiger partial charge is 0.365 e. The second-order valence-electron chi connectivity index (χ2n) is 5.66. The van der Waals surface area contributed by atoms with Crippen LogP contribution in [0.2, 0.25) is 0 Å². The molecule has 0 aromatic carbocycles. The molecule has 0 unspecified atom stereocenters. The van der Waals surface area contributed by atoms with E-state index in [4.69, 9.17) is 5.73 Å². The first kappa shape index (κ1) is 15.2. The van der Waals surface area contributed by atoms with E-state index in [0.29, 0.717) is 24.1 Å². The molecular formula is C16H18N4O3. The van der Waals surface area contributed by atoms with Gasteiger partial charge in [0.05, 0.1) is 11.0 Å². The van der Waals surface area contributed by atoms with Crippen LogP contribution in [0.4, 0.5) is 0 Å². The van der Waals surface area contributed by atoms with Crippen LogP contribution in [-0.4, -0.2) is 39.4 Å². The SMILES string of the molecule is NC(=O)c1cc2ncccc2n(CC(=O)N2CCCCC2)c1=O. The summed E-state index contributed by atoms with van der Waals surface area (Å²) in [6.07, 6.45) is 4.64. The number of carbonyl (C=O) groups is 2. The molecule has 2 amide bonds. The Hall–Kier alpha value is -2.70. The van der Waals surface area contributed by atoms with Gasteiger partial charge in [-0.25, -0.2) is 0 Å². The zero-order chi connectivity index (χ0) is 16.4. The third-order valence-corrected chi connectivity index (χ3v) is 4.13. The summed E-state index contributed by atoms with van der Waals surface area (Å²) in [6.45, 7) is 1.31. The number of hydrogen-bond acceptors (Lipinski definition) is 4. The number of carbonyl (C=O) groups excluding carboxylic acids is 2. The number of primary amides is 1. The number of rotatable bonds is 3. The van der Waals surface area contributed by atoms with Crippen LogP contribution >= 0.6 is 0 Å². The Morgan fingerprint density at radius 1 is 1.22 bits per heavy atom. The summed E-state index contributed by atoms with van der Waals surface area (Å²) in [5.74, 6) is -0.944. The molecule has 2 aromatic rings. The normalized spacial score (nSPS) is 14.9. The lowest BCUT2D eigenvalue weighted by atomic mass is 10.1. The maximum atomic E-state index is 12.5. The molecule has 3 rings (SSSR count). The lowest BCUT2D eigenvalue weighted by Crippen LogP contribution is -2.40. The minimum Gasteiger partial charge on any atom is -0.365 e. The van der Waals surface area contributed by atoms with Crippen LogP contribution in [0, 0.1) is 0 Å². The highest BCUT2D eigenvalue weighted by Crippen LogP contribution is 2.13. The van der Waals surface area contributed by atoms with E-state index < -0.39 is 11.5 Å². The third-order valence-electron chi connectivity index (χ3n) is 4.13. The molecule has 120 valence electrons. The highest BCUT2D eigenvalue weighted by molar-refractivity contribution is 5.95. The molecule has 0 radical (unpaired) electrons. The number of pyridine rings is 2. The quantitative estimate of drug-likeness (QED) is 0.892. The molecule has 1 saturated heterocycles. The molecule has 7 nitrogen and oxygen atoms in total. The zero-order valence-corrected chi connectivity index (χ0v) is 12.7. The van der Waals surface area contributed by atoms with Crippen molar-refractivity contribution in [3.05, 3.63) is 40.3 Å². The Morgan fingerprint density at radius 2 is 1.96 bits per heavy atom. The summed E-state index contributed by atoms with van der Waals surface area (Å²) < 4.78 is 1.29. The van der Waals surface area contributed by atoms with Gasteiger partial charge in [0.2, 0.25) is 5.91 Å². The molecule has 1 aliphatic rings. The predicted molar refractivity (Wildman–Crippen MR) is 85.0 cm³/mol. The van der Waals surface area contributed by atoms with E-state index in [2.05, 4.69) is 4.98 Å². The second kappa shape index (κ2) is 6.20. The van der Waals surface area contributed by atoms with Crippen LogP contribution in [0.3, 0.4) is 0 Å². The molecule has 0 spiro atoms. The van der Waals surface area contributed by atoms with Crippen molar-refractivity contribution in [3.63, 3.8) is 0 Å². The summed E-state index contributed by atoms with van der Waals surface area (Å²) in [4.78, 5) is 42.4. The van der Waals surface area contributed by atoms with Crippen LogP contribution < -0.4 is 11.3 Å². The molecule has 2 N–H and O–H groups in total. The molecule has 0 saturated carbocycles. The van der Waals surface area contributed by atoms with Gasteiger partial charge in [0.15, 0.2) is 0 Å². The van der Waals surface area contributed by atoms with Crippen LogP contribution in [0.15, 0.2) is 29.2 Å². The summed E-state index contributed by atoms with van der Waals surface area (Å²) in [6, 6.07) is 4.77. The van der Waals surface area contributed by atoms with Gasteiger partial charge in [0.25, 0.3) is 11.5 Å². The number of nitrogens with zero attached hydrogens (tertiary/aromatic N) is 3. The molecule has 3 heterocycles. The van der Waals surface area contributed by atoms with Crippen molar-refractivity contribution in [2.24, 2.45) is 5.73 Å². The van der Waals surface area contributed by atoms with Crippen molar-refractivity contribution in [2.75, 3.05) is 13.1 Å². The van der Waals surface area contributed by atoms with Crippen molar-refractivity contribution in [2.45, 2.75) is 25.8 Å². The predicted octanol–water partition coefficient (Wildman–Crippen LogP) is 0.508. The summed E-state index contributed by atoms with van der Waals surface area (Å²) >= 11 is 0. The number of hydrogen-bond donors (Lipinski definition) is 1. The van der Waals surface area contributed by atoms with Gasteiger partial charge < -0.3 is 10.6 Å². The summed E-state index contributed by atoms with van der Waals surface area (Å²) in [5, 5.41) is 0. The first-order chi connectivity index (χ1) is 11.1. The van der Waals surface area contributed by atoms with Gasteiger partial charge in [-0.3, -0.25) is 23.9 Å². The number of aromatic nitrogens is 2. The van der Waals surface area contributed by atoms with E-state index in [1.165, 1.54) is 10.6 Å². The van der Waals surface area contributed by atoms with E-state index in [1.54, 1.807) is 23.2 Å². The van der Waals surface area contributed by atoms with E-state index in [1.807, 2.05) is 0 Å². The maximum Gasteiger partial charge on any atom is 0.264 e. The van der Waals surface area contributed by atoms with E-state index in [9.17, 15) is 14.4 Å². The molecule has 1 fully saturated rings. The summed E-state index contributed by atoms with van der Waals surface area (Å²) in [7, 11) is 0. The van der Waals surface area contributed by atoms with Crippen molar-refractivity contribution >= 4 is 22.8 Å². The Labute approximate surface area is 132 Å². The second-order valence-corrected chi connectivity index (χ2v) is 5.66. The number of nitrogens with two attached hydrogens (primary N) is 1. The van der Waals surface area contributed by atoms with E-state index in [0.717, 1.165) is 19.3 Å². The fourth-order valence-electron chi connectivity index (χ4n) is 2.91. The van der Waals surface area contributed by atoms with Crippen LogP contribution in [0.25, 0.3) is 11.0 Å². The van der Waals surface area contributed by atoms with Gasteiger partial charge in [-0.05, 0) is 37.5 Å². The van der Waals surface area contributed by atoms with Crippen molar-refractivity contribution < 1.29 is 9.59 Å². The third kappa shape index (κ3) is 2.94. The fraction of sp³-hybridized carbons (Fsp3) is 0.375. The topological polar surface area (TPSA) is 98.3 Å². The Morgan fingerprint density at radius 3 is 2.65 bits per heavy atom. The molecule has 2 aromatic heterocycles. The first-order valence-electron chi connectivity index (χ1n) is 7.64. The van der Waals surface area contributed by atoms with Crippen molar-refractivity contribution in [1.82, 2.24) is 14.5 Å². The molecule has 0 aliphatic carbocycles. The van der Waals surface area contributed by atoms with Gasteiger partial charge in [0.1, 0.15) is 12.1 Å². The monoisotopic (exact) mass is 314 g/mol. The van der Waals surface area contributed by atoms with Gasteiger partial charge in [-0.15, -0.1) is 0 Å². The average molecular weight is 314 g/mol. The standard InChI is InChI=1S/C16H18N4O3/c17-15(22)11-9-12-13(5-4-6-18-12)20(16(11)23)10-14(21)19-7-2-1-3-8-19/h4-6,9H,1-3,7-8,10H2,(H2,17,22). The van der Waals surface area contributed by atoms with Gasteiger partial charge in [-0.1, -0.05) is 0 Å². The van der Waals surface area contributed by atoms with E-state index >= 15 is 0 Å². The smallest absolute Gasteiger partial charge is 0.264 e. The van der Waals surface area contributed by atoms with Crippen LogP contribution in [-0.2, 0) is 11.3 Å². The number of likely N-dealkylation sites (tertiary alicyclic amines) is 1. The molecule has 0 bridgehead atoms. The number of fused-ring (bicyclic) bond motifs is 1. The van der Waals surface area contributed by atoms with Crippen molar-refractivity contribution in [1.29, 1.82) is 0 Å². The lowest BCUT2D eigenvalue weighted by Gasteiger charge is -2.27. The van der Waals surface area contributed by atoms with Gasteiger partial charge >= 0.3 is 0 Å². The zero-order valence-electron chi connectivity index (χ0n) is 12.7. The maximum absolute atomic E-state index is 12.5. The minimum atomic E-state index is -0.818. The first-order valence-corrected chi connectivity index (χ1v) is 7.64. The highest BCUT2D eigenvalue weighted by Gasteiger charge is 2.20.